The summed E-state index contributed by atoms with van der Waals surface area (Å²) in [6.45, 7) is 1.11. The van der Waals surface area contributed by atoms with Gasteiger partial charge in [-0.05, 0) is 18.9 Å². The zero-order valence-electron chi connectivity index (χ0n) is 14.9. The van der Waals surface area contributed by atoms with Crippen molar-refractivity contribution in [2.24, 2.45) is 5.92 Å². The first-order chi connectivity index (χ1) is 11.9. The van der Waals surface area contributed by atoms with E-state index in [2.05, 4.69) is 5.32 Å². The highest BCUT2D eigenvalue weighted by Crippen LogP contribution is 2.27. The third-order valence-corrected chi connectivity index (χ3v) is 5.83. The normalized spacial score (nSPS) is 17.9. The van der Waals surface area contributed by atoms with Crippen molar-refractivity contribution in [3.05, 3.63) is 29.8 Å². The van der Waals surface area contributed by atoms with Crippen LogP contribution in [-0.4, -0.2) is 58.7 Å². The van der Waals surface area contributed by atoms with Crippen molar-refractivity contribution in [1.29, 1.82) is 0 Å². The fourth-order valence-corrected chi connectivity index (χ4v) is 3.91. The first-order valence-corrected chi connectivity index (χ1v) is 10.1. The highest BCUT2D eigenvalue weighted by Gasteiger charge is 2.29. The van der Waals surface area contributed by atoms with Crippen LogP contribution < -0.4 is 10.1 Å². The molecule has 1 aliphatic rings. The molecule has 0 aromatic heterocycles. The molecule has 1 atom stereocenters. The van der Waals surface area contributed by atoms with Gasteiger partial charge >= 0.3 is 0 Å². The lowest BCUT2D eigenvalue weighted by molar-refractivity contribution is -0.126. The number of carbonyl (C=O) groups is 1. The molecule has 1 fully saturated rings. The number of para-hydroxylation sites is 1. The average Bonchev–Trinajstić information content (AvgIpc) is 2.61. The number of rotatable bonds is 7. The lowest BCUT2D eigenvalue weighted by Crippen LogP contribution is -2.43. The van der Waals surface area contributed by atoms with E-state index in [1.807, 2.05) is 24.3 Å². The quantitative estimate of drug-likeness (QED) is 0.779. The smallest absolute Gasteiger partial charge is 0.223 e. The molecular weight excluding hydrogens is 344 g/mol. The molecule has 1 heterocycles. The van der Waals surface area contributed by atoms with Crippen LogP contribution in [0.1, 0.15) is 24.5 Å². The minimum absolute atomic E-state index is 0.0647. The third kappa shape index (κ3) is 5.17. The summed E-state index contributed by atoms with van der Waals surface area (Å²) in [5.74, 6) is 0.475. The third-order valence-electron chi connectivity index (χ3n) is 4.53. The van der Waals surface area contributed by atoms with E-state index < -0.39 is 10.0 Å². The first-order valence-electron chi connectivity index (χ1n) is 8.25. The molecule has 0 bridgehead atoms. The van der Waals surface area contributed by atoms with E-state index in [0.717, 1.165) is 5.56 Å². The maximum Gasteiger partial charge on any atom is 0.223 e. The van der Waals surface area contributed by atoms with E-state index >= 15 is 0 Å². The lowest BCUT2D eigenvalue weighted by Gasteiger charge is -2.29. The Morgan fingerprint density at radius 1 is 1.28 bits per heavy atom. The van der Waals surface area contributed by atoms with E-state index in [-0.39, 0.29) is 17.9 Å². The van der Waals surface area contributed by atoms with Gasteiger partial charge in [-0.2, -0.15) is 0 Å². The summed E-state index contributed by atoms with van der Waals surface area (Å²) in [7, 11) is 0.00737. The van der Waals surface area contributed by atoms with Gasteiger partial charge in [0.2, 0.25) is 15.9 Å². The van der Waals surface area contributed by atoms with Gasteiger partial charge in [0.15, 0.2) is 0 Å². The summed E-state index contributed by atoms with van der Waals surface area (Å²) < 4.78 is 35.3. The molecule has 1 aromatic rings. The highest BCUT2D eigenvalue weighted by atomic mass is 32.2. The molecule has 0 aliphatic carbocycles. The SMILES string of the molecule is COc1ccccc1[C@H](CNC(=O)C1CCN(S(C)(=O)=O)CC1)OC. The standard InChI is InChI=1S/C17H26N2O5S/c1-23-15-7-5-4-6-14(15)16(24-2)12-18-17(20)13-8-10-19(11-9-13)25(3,21)22/h4-7,13,16H,8-12H2,1-3H3,(H,18,20)/t16-/m0/s1. The van der Waals surface area contributed by atoms with Gasteiger partial charge in [-0.15, -0.1) is 0 Å². The Morgan fingerprint density at radius 3 is 2.48 bits per heavy atom. The van der Waals surface area contributed by atoms with Crippen LogP contribution in [-0.2, 0) is 19.6 Å². The second-order valence-corrected chi connectivity index (χ2v) is 8.13. The maximum absolute atomic E-state index is 12.4. The van der Waals surface area contributed by atoms with Crippen molar-refractivity contribution in [3.63, 3.8) is 0 Å². The molecule has 1 aliphatic heterocycles. The molecule has 7 nitrogen and oxygen atoms in total. The number of ether oxygens (including phenoxy) is 2. The van der Waals surface area contributed by atoms with Crippen LogP contribution in [0.5, 0.6) is 5.75 Å². The van der Waals surface area contributed by atoms with Gasteiger partial charge in [-0.1, -0.05) is 18.2 Å². The second-order valence-electron chi connectivity index (χ2n) is 6.15. The summed E-state index contributed by atoms with van der Waals surface area (Å²) in [6.07, 6.45) is 1.96. The van der Waals surface area contributed by atoms with Gasteiger partial charge in [0.25, 0.3) is 0 Å². The van der Waals surface area contributed by atoms with Gasteiger partial charge in [0.1, 0.15) is 11.9 Å². The number of methoxy groups -OCH3 is 2. The highest BCUT2D eigenvalue weighted by molar-refractivity contribution is 7.88. The molecule has 1 aromatic carbocycles. The number of piperidine rings is 1. The zero-order chi connectivity index (χ0) is 18.4. The molecule has 0 spiro atoms. The molecule has 0 unspecified atom stereocenters. The molecule has 25 heavy (non-hydrogen) atoms. The second kappa shape index (κ2) is 8.64. The van der Waals surface area contributed by atoms with Crippen molar-refractivity contribution in [3.8, 4) is 5.75 Å². The molecule has 0 radical (unpaired) electrons. The number of nitrogens with one attached hydrogen (secondary N) is 1. The van der Waals surface area contributed by atoms with Crippen molar-refractivity contribution >= 4 is 15.9 Å². The number of sulfonamides is 1. The van der Waals surface area contributed by atoms with E-state index in [1.54, 1.807) is 14.2 Å². The molecule has 1 N–H and O–H groups in total. The lowest BCUT2D eigenvalue weighted by atomic mass is 9.97. The number of hydrogen-bond acceptors (Lipinski definition) is 5. The Hall–Kier alpha value is -1.64. The van der Waals surface area contributed by atoms with E-state index in [0.29, 0.717) is 38.2 Å². The summed E-state index contributed by atoms with van der Waals surface area (Å²) in [6, 6.07) is 7.53. The number of carbonyl (C=O) groups excluding carboxylic acids is 1. The number of amides is 1. The van der Waals surface area contributed by atoms with Crippen LogP contribution in [0.3, 0.4) is 0 Å². The van der Waals surface area contributed by atoms with Crippen LogP contribution in [0.25, 0.3) is 0 Å². The molecule has 140 valence electrons. The molecule has 0 saturated carbocycles. The minimum Gasteiger partial charge on any atom is -0.496 e. The summed E-state index contributed by atoms with van der Waals surface area (Å²) in [5, 5.41) is 2.92. The fraction of sp³-hybridized carbons (Fsp3) is 0.588. The largest absolute Gasteiger partial charge is 0.496 e. The molecule has 1 saturated heterocycles. The Bertz CT molecular complexity index is 684. The summed E-state index contributed by atoms with van der Waals surface area (Å²) in [5.41, 5.74) is 0.875. The van der Waals surface area contributed by atoms with Gasteiger partial charge in [-0.25, -0.2) is 12.7 Å². The molecular formula is C17H26N2O5S. The van der Waals surface area contributed by atoms with Gasteiger partial charge < -0.3 is 14.8 Å². The van der Waals surface area contributed by atoms with E-state index in [9.17, 15) is 13.2 Å². The van der Waals surface area contributed by atoms with Gasteiger partial charge in [-0.3, -0.25) is 4.79 Å². The van der Waals surface area contributed by atoms with Crippen LogP contribution in [0, 0.1) is 5.92 Å². The Labute approximate surface area is 149 Å². The minimum atomic E-state index is -3.18. The van der Waals surface area contributed by atoms with Crippen molar-refractivity contribution in [2.45, 2.75) is 18.9 Å². The fourth-order valence-electron chi connectivity index (χ4n) is 3.04. The zero-order valence-corrected chi connectivity index (χ0v) is 15.7. The summed E-state index contributed by atoms with van der Waals surface area (Å²) in [4.78, 5) is 12.4. The van der Waals surface area contributed by atoms with Gasteiger partial charge in [0, 0.05) is 38.2 Å². The Kier molecular flexibility index (Phi) is 6.80. The van der Waals surface area contributed by atoms with Gasteiger partial charge in [0.05, 0.1) is 13.4 Å². The predicted molar refractivity (Wildman–Crippen MR) is 94.9 cm³/mol. The maximum atomic E-state index is 12.4. The van der Waals surface area contributed by atoms with E-state index in [1.165, 1.54) is 10.6 Å². The topological polar surface area (TPSA) is 84.9 Å². The van der Waals surface area contributed by atoms with Crippen LogP contribution in [0.2, 0.25) is 0 Å². The Balaban J connectivity index is 1.91. The number of benzene rings is 1. The Morgan fingerprint density at radius 2 is 1.92 bits per heavy atom. The van der Waals surface area contributed by atoms with Crippen LogP contribution in [0.15, 0.2) is 24.3 Å². The summed E-state index contributed by atoms with van der Waals surface area (Å²) >= 11 is 0. The molecule has 8 heteroatoms. The van der Waals surface area contributed by atoms with Crippen LogP contribution in [0.4, 0.5) is 0 Å². The van der Waals surface area contributed by atoms with Crippen molar-refractivity contribution in [2.75, 3.05) is 40.1 Å². The monoisotopic (exact) mass is 370 g/mol. The number of nitrogens with zero attached hydrogens (tertiary/aromatic N) is 1. The first kappa shape index (κ1) is 19.7. The average molecular weight is 370 g/mol. The molecule has 1 amide bonds. The van der Waals surface area contributed by atoms with Crippen molar-refractivity contribution < 1.29 is 22.7 Å². The molecule has 2 rings (SSSR count). The van der Waals surface area contributed by atoms with E-state index in [4.69, 9.17) is 9.47 Å². The number of hydrogen-bond donors (Lipinski definition) is 1. The predicted octanol–water partition coefficient (Wildman–Crippen LogP) is 1.17. The van der Waals surface area contributed by atoms with Crippen LogP contribution >= 0.6 is 0 Å². The van der Waals surface area contributed by atoms with Crippen molar-refractivity contribution in [1.82, 2.24) is 9.62 Å².